The molecule has 2 N–H and O–H groups in total. The first kappa shape index (κ1) is 13.8. The van der Waals surface area contributed by atoms with Crippen LogP contribution in [0, 0.1) is 11.3 Å². The zero-order valence-corrected chi connectivity index (χ0v) is 9.81. The van der Waals surface area contributed by atoms with E-state index in [1.54, 1.807) is 11.8 Å². The van der Waals surface area contributed by atoms with Gasteiger partial charge >= 0.3 is 0 Å². The number of aliphatic hydroxyl groups excluding tert-OH is 1. The maximum absolute atomic E-state index is 8.82. The third kappa shape index (κ3) is 7.19. The molecule has 0 aliphatic rings. The Morgan fingerprint density at radius 2 is 2.29 bits per heavy atom. The largest absolute Gasteiger partial charge is 0.396 e. The van der Waals surface area contributed by atoms with E-state index in [2.05, 4.69) is 25.2 Å². The Balaban J connectivity index is 3.57. The number of nitrogens with one attached hydrogen (secondary N) is 1. The Kier molecular flexibility index (Phi) is 9.16. The lowest BCUT2D eigenvalue weighted by molar-refractivity contribution is 0.289. The van der Waals surface area contributed by atoms with E-state index in [0.717, 1.165) is 25.1 Å². The number of thioether (sulfide) groups is 1. The van der Waals surface area contributed by atoms with Gasteiger partial charge in [0.05, 0.1) is 6.07 Å². The van der Waals surface area contributed by atoms with E-state index in [9.17, 15) is 0 Å². The molecule has 0 saturated carbocycles. The van der Waals surface area contributed by atoms with Gasteiger partial charge in [-0.05, 0) is 19.4 Å². The van der Waals surface area contributed by atoms with E-state index < -0.39 is 0 Å². The van der Waals surface area contributed by atoms with E-state index in [1.807, 2.05) is 0 Å². The lowest BCUT2D eigenvalue weighted by Gasteiger charge is -2.13. The SMILES string of the molecule is CCCNC(C#N)CSC(C)CCO. The van der Waals surface area contributed by atoms with Crippen LogP contribution in [0.3, 0.4) is 0 Å². The van der Waals surface area contributed by atoms with Gasteiger partial charge in [-0.2, -0.15) is 17.0 Å². The van der Waals surface area contributed by atoms with Gasteiger partial charge < -0.3 is 10.4 Å². The maximum Gasteiger partial charge on any atom is 0.104 e. The van der Waals surface area contributed by atoms with Crippen LogP contribution in [0.4, 0.5) is 0 Å². The van der Waals surface area contributed by atoms with Crippen molar-refractivity contribution in [1.29, 1.82) is 5.26 Å². The number of hydrogen-bond donors (Lipinski definition) is 2. The van der Waals surface area contributed by atoms with Crippen molar-refractivity contribution in [3.8, 4) is 6.07 Å². The molecule has 0 rings (SSSR count). The van der Waals surface area contributed by atoms with E-state index in [-0.39, 0.29) is 12.6 Å². The first-order valence-electron chi connectivity index (χ1n) is 5.10. The molecule has 3 nitrogen and oxygen atoms in total. The third-order valence-electron chi connectivity index (χ3n) is 1.88. The predicted octanol–water partition coefficient (Wildman–Crippen LogP) is 1.38. The maximum atomic E-state index is 8.82. The minimum Gasteiger partial charge on any atom is -0.396 e. The summed E-state index contributed by atoms with van der Waals surface area (Å²) in [6.45, 7) is 5.29. The van der Waals surface area contributed by atoms with E-state index in [1.165, 1.54) is 0 Å². The van der Waals surface area contributed by atoms with Gasteiger partial charge in [-0.3, -0.25) is 0 Å². The van der Waals surface area contributed by atoms with Crippen molar-refractivity contribution in [2.45, 2.75) is 38.0 Å². The summed E-state index contributed by atoms with van der Waals surface area (Å²) >= 11 is 1.74. The van der Waals surface area contributed by atoms with Crippen LogP contribution in [0.1, 0.15) is 26.7 Å². The van der Waals surface area contributed by atoms with Gasteiger partial charge in [0.15, 0.2) is 0 Å². The summed E-state index contributed by atoms with van der Waals surface area (Å²) in [5.41, 5.74) is 0. The second-order valence-corrected chi connectivity index (χ2v) is 4.76. The van der Waals surface area contributed by atoms with Gasteiger partial charge in [-0.15, -0.1) is 0 Å². The average molecular weight is 216 g/mol. The Hall–Kier alpha value is -0.240. The second kappa shape index (κ2) is 9.32. The number of rotatable bonds is 8. The Morgan fingerprint density at radius 1 is 1.57 bits per heavy atom. The molecule has 2 atom stereocenters. The van der Waals surface area contributed by atoms with E-state index >= 15 is 0 Å². The lowest BCUT2D eigenvalue weighted by Crippen LogP contribution is -2.31. The average Bonchev–Trinajstić information content (AvgIpc) is 2.19. The normalized spacial score (nSPS) is 14.7. The highest BCUT2D eigenvalue weighted by Gasteiger charge is 2.08. The predicted molar refractivity (Wildman–Crippen MR) is 61.3 cm³/mol. The molecule has 0 saturated heterocycles. The minimum atomic E-state index is -0.0545. The first-order valence-corrected chi connectivity index (χ1v) is 6.14. The number of nitriles is 1. The Morgan fingerprint density at radius 3 is 2.79 bits per heavy atom. The van der Waals surface area contributed by atoms with Crippen LogP contribution < -0.4 is 5.32 Å². The number of aliphatic hydroxyl groups is 1. The standard InChI is InChI=1S/C10H20N2OS/c1-3-5-12-10(7-11)8-14-9(2)4-6-13/h9-10,12-13H,3-6,8H2,1-2H3. The molecule has 82 valence electrons. The van der Waals surface area contributed by atoms with E-state index in [0.29, 0.717) is 5.25 Å². The van der Waals surface area contributed by atoms with Crippen LogP contribution in [0.5, 0.6) is 0 Å². The number of nitrogens with zero attached hydrogens (tertiary/aromatic N) is 1. The van der Waals surface area contributed by atoms with Crippen LogP contribution in [0.2, 0.25) is 0 Å². The Labute approximate surface area is 90.9 Å². The van der Waals surface area contributed by atoms with E-state index in [4.69, 9.17) is 10.4 Å². The zero-order valence-electron chi connectivity index (χ0n) is 8.99. The molecule has 0 fully saturated rings. The minimum absolute atomic E-state index is 0.0545. The third-order valence-corrected chi connectivity index (χ3v) is 3.21. The fourth-order valence-electron chi connectivity index (χ4n) is 0.986. The summed E-state index contributed by atoms with van der Waals surface area (Å²) < 4.78 is 0. The molecule has 0 heterocycles. The summed E-state index contributed by atoms with van der Waals surface area (Å²) in [5.74, 6) is 0.803. The smallest absolute Gasteiger partial charge is 0.104 e. The fourth-order valence-corrected chi connectivity index (χ4v) is 1.97. The second-order valence-electron chi connectivity index (χ2n) is 3.29. The molecule has 4 heteroatoms. The first-order chi connectivity index (χ1) is 6.74. The van der Waals surface area contributed by atoms with Crippen LogP contribution in [-0.2, 0) is 0 Å². The quantitative estimate of drug-likeness (QED) is 0.643. The van der Waals surface area contributed by atoms with Gasteiger partial charge in [-0.25, -0.2) is 0 Å². The molecule has 0 aromatic carbocycles. The highest BCUT2D eigenvalue weighted by atomic mass is 32.2. The molecule has 0 aliphatic heterocycles. The zero-order chi connectivity index (χ0) is 10.8. The fraction of sp³-hybridized carbons (Fsp3) is 0.900. The molecular formula is C10H20N2OS. The molecule has 0 aliphatic carbocycles. The van der Waals surface area contributed by atoms with Crippen LogP contribution in [-0.4, -0.2) is 35.3 Å². The molecule has 14 heavy (non-hydrogen) atoms. The molecule has 0 aromatic rings. The summed E-state index contributed by atoms with van der Waals surface area (Å²) in [5, 5.41) is 21.1. The van der Waals surface area contributed by atoms with Gasteiger partial charge in [0.2, 0.25) is 0 Å². The van der Waals surface area contributed by atoms with Crippen molar-refractivity contribution in [2.75, 3.05) is 18.9 Å². The molecule has 2 unspecified atom stereocenters. The van der Waals surface area contributed by atoms with Gasteiger partial charge in [0, 0.05) is 17.6 Å². The van der Waals surface area contributed by atoms with Crippen molar-refractivity contribution in [3.05, 3.63) is 0 Å². The van der Waals surface area contributed by atoms with Gasteiger partial charge in [0.25, 0.3) is 0 Å². The highest BCUT2D eigenvalue weighted by Crippen LogP contribution is 2.14. The molecule has 0 spiro atoms. The van der Waals surface area contributed by atoms with Crippen LogP contribution >= 0.6 is 11.8 Å². The van der Waals surface area contributed by atoms with Crippen molar-refractivity contribution in [1.82, 2.24) is 5.32 Å². The summed E-state index contributed by atoms with van der Waals surface area (Å²) in [4.78, 5) is 0. The number of hydrogen-bond acceptors (Lipinski definition) is 4. The summed E-state index contributed by atoms with van der Waals surface area (Å²) in [7, 11) is 0. The molecular weight excluding hydrogens is 196 g/mol. The van der Waals surface area contributed by atoms with Gasteiger partial charge in [-0.1, -0.05) is 13.8 Å². The Bertz CT molecular complexity index is 170. The lowest BCUT2D eigenvalue weighted by atomic mass is 10.3. The van der Waals surface area contributed by atoms with Crippen molar-refractivity contribution in [2.24, 2.45) is 0 Å². The van der Waals surface area contributed by atoms with Crippen molar-refractivity contribution >= 4 is 11.8 Å². The molecule has 0 aromatic heterocycles. The highest BCUT2D eigenvalue weighted by molar-refractivity contribution is 7.99. The van der Waals surface area contributed by atoms with Crippen molar-refractivity contribution in [3.63, 3.8) is 0 Å². The van der Waals surface area contributed by atoms with Gasteiger partial charge in [0.1, 0.15) is 6.04 Å². The molecule has 0 radical (unpaired) electrons. The molecule has 0 bridgehead atoms. The van der Waals surface area contributed by atoms with Crippen molar-refractivity contribution < 1.29 is 5.11 Å². The topological polar surface area (TPSA) is 56.0 Å². The summed E-state index contributed by atoms with van der Waals surface area (Å²) in [6, 6.07) is 2.19. The molecule has 0 amide bonds. The summed E-state index contributed by atoms with van der Waals surface area (Å²) in [6.07, 6.45) is 1.85. The monoisotopic (exact) mass is 216 g/mol. The van der Waals surface area contributed by atoms with Crippen LogP contribution in [0.25, 0.3) is 0 Å². The van der Waals surface area contributed by atoms with Crippen LogP contribution in [0.15, 0.2) is 0 Å².